The fraction of sp³-hybridized carbons (Fsp3) is 0.643. The number of nitrogens with one attached hydrogen (secondary N) is 2. The normalized spacial score (nSPS) is 20.9. The second kappa shape index (κ2) is 5.91. The molecule has 0 radical (unpaired) electrons. The summed E-state index contributed by atoms with van der Waals surface area (Å²) in [5.74, 6) is 1.14. The third kappa shape index (κ3) is 3.17. The van der Waals surface area contributed by atoms with E-state index in [-0.39, 0.29) is 12.0 Å². The second-order valence-electron chi connectivity index (χ2n) is 5.49. The van der Waals surface area contributed by atoms with Gasteiger partial charge in [0.15, 0.2) is 5.75 Å². The van der Waals surface area contributed by atoms with Gasteiger partial charge in [-0.1, -0.05) is 6.92 Å². The minimum absolute atomic E-state index is 0.0196. The number of nitrogen functional groups attached to an aromatic ring is 1. The van der Waals surface area contributed by atoms with Gasteiger partial charge >= 0.3 is 0 Å². The smallest absolute Gasteiger partial charge is 0.263 e. The van der Waals surface area contributed by atoms with Gasteiger partial charge < -0.3 is 21.1 Å². The lowest BCUT2D eigenvalue weighted by molar-refractivity contribution is 0.0960. The molecule has 1 aromatic heterocycles. The van der Waals surface area contributed by atoms with Crippen molar-refractivity contribution in [3.05, 3.63) is 4.88 Å². The average molecular weight is 297 g/mol. The van der Waals surface area contributed by atoms with Crippen molar-refractivity contribution in [3.8, 4) is 5.75 Å². The lowest BCUT2D eigenvalue weighted by Crippen LogP contribution is -2.22. The Balaban J connectivity index is 2.27. The summed E-state index contributed by atoms with van der Waals surface area (Å²) in [6.45, 7) is 8.57. The van der Waals surface area contributed by atoms with Crippen molar-refractivity contribution >= 4 is 27.9 Å². The summed E-state index contributed by atoms with van der Waals surface area (Å²) in [7, 11) is 0. The molecule has 1 fully saturated rings. The zero-order valence-electron chi connectivity index (χ0n) is 12.4. The van der Waals surface area contributed by atoms with E-state index in [1.54, 1.807) is 0 Å². The topological polar surface area (TPSA) is 76.4 Å². The van der Waals surface area contributed by atoms with E-state index in [4.69, 9.17) is 10.5 Å². The van der Waals surface area contributed by atoms with Crippen LogP contribution in [0.15, 0.2) is 0 Å². The summed E-state index contributed by atoms with van der Waals surface area (Å²) in [4.78, 5) is 12.5. The van der Waals surface area contributed by atoms with E-state index in [0.29, 0.717) is 34.8 Å². The molecule has 0 saturated heterocycles. The fourth-order valence-corrected chi connectivity index (χ4v) is 3.01. The Morgan fingerprint density at radius 3 is 2.70 bits per heavy atom. The van der Waals surface area contributed by atoms with Crippen LogP contribution in [0.4, 0.5) is 10.7 Å². The van der Waals surface area contributed by atoms with Gasteiger partial charge in [-0.2, -0.15) is 0 Å². The first kappa shape index (κ1) is 15.0. The summed E-state index contributed by atoms with van der Waals surface area (Å²) in [6, 6.07) is 0.463. The van der Waals surface area contributed by atoms with Crippen LogP contribution in [0.1, 0.15) is 43.8 Å². The molecule has 2 unspecified atom stereocenters. The van der Waals surface area contributed by atoms with Crippen LogP contribution in [0.2, 0.25) is 0 Å². The van der Waals surface area contributed by atoms with Crippen LogP contribution in [0, 0.1) is 5.92 Å². The predicted molar refractivity (Wildman–Crippen MR) is 83.7 cm³/mol. The molecule has 2 atom stereocenters. The number of amides is 1. The highest BCUT2D eigenvalue weighted by atomic mass is 32.1. The van der Waals surface area contributed by atoms with E-state index < -0.39 is 0 Å². The minimum atomic E-state index is -0.138. The molecule has 20 heavy (non-hydrogen) atoms. The molecule has 1 amide bonds. The number of rotatable bonds is 6. The molecule has 0 aliphatic heterocycles. The van der Waals surface area contributed by atoms with Crippen molar-refractivity contribution in [2.45, 2.75) is 46.3 Å². The van der Waals surface area contributed by atoms with Gasteiger partial charge in [0, 0.05) is 12.6 Å². The van der Waals surface area contributed by atoms with Gasteiger partial charge in [-0.05, 0) is 33.1 Å². The van der Waals surface area contributed by atoms with Crippen molar-refractivity contribution in [3.63, 3.8) is 0 Å². The van der Waals surface area contributed by atoms with E-state index in [1.807, 2.05) is 20.8 Å². The Bertz CT molecular complexity index is 499. The maximum atomic E-state index is 12.0. The molecule has 0 spiro atoms. The van der Waals surface area contributed by atoms with Crippen molar-refractivity contribution in [1.29, 1.82) is 0 Å². The van der Waals surface area contributed by atoms with Crippen LogP contribution < -0.4 is 21.1 Å². The predicted octanol–water partition coefficient (Wildman–Crippen LogP) is 2.69. The van der Waals surface area contributed by atoms with Gasteiger partial charge in [0.1, 0.15) is 15.6 Å². The Kier molecular flexibility index (Phi) is 4.42. The van der Waals surface area contributed by atoms with E-state index in [9.17, 15) is 4.79 Å². The average Bonchev–Trinajstić information content (AvgIpc) is 2.97. The van der Waals surface area contributed by atoms with Crippen LogP contribution in [-0.4, -0.2) is 24.6 Å². The van der Waals surface area contributed by atoms with Crippen LogP contribution in [0.5, 0.6) is 5.75 Å². The molecule has 1 aliphatic carbocycles. The lowest BCUT2D eigenvalue weighted by atomic mass is 10.3. The Morgan fingerprint density at radius 1 is 1.55 bits per heavy atom. The first-order chi connectivity index (χ1) is 9.43. The summed E-state index contributed by atoms with van der Waals surface area (Å²) >= 11 is 1.37. The largest absolute Gasteiger partial charge is 0.486 e. The van der Waals surface area contributed by atoms with Gasteiger partial charge in [0.2, 0.25) is 0 Å². The summed E-state index contributed by atoms with van der Waals surface area (Å²) < 4.78 is 5.79. The molecule has 6 heteroatoms. The quantitative estimate of drug-likeness (QED) is 0.754. The minimum Gasteiger partial charge on any atom is -0.486 e. The van der Waals surface area contributed by atoms with Gasteiger partial charge in [0.05, 0.1) is 6.10 Å². The summed E-state index contributed by atoms with van der Waals surface area (Å²) in [6.07, 6.45) is 1.17. The Morgan fingerprint density at radius 2 is 2.20 bits per heavy atom. The number of anilines is 2. The molecular weight excluding hydrogens is 274 g/mol. The van der Waals surface area contributed by atoms with Gasteiger partial charge in [-0.15, -0.1) is 11.3 Å². The summed E-state index contributed by atoms with van der Waals surface area (Å²) in [5, 5.41) is 7.08. The van der Waals surface area contributed by atoms with Crippen LogP contribution in [0.3, 0.4) is 0 Å². The molecule has 1 aromatic rings. The molecule has 1 saturated carbocycles. The summed E-state index contributed by atoms with van der Waals surface area (Å²) in [5.41, 5.74) is 6.53. The van der Waals surface area contributed by atoms with Crippen molar-refractivity contribution in [2.24, 2.45) is 5.92 Å². The third-order valence-corrected chi connectivity index (χ3v) is 4.34. The maximum Gasteiger partial charge on any atom is 0.263 e. The van der Waals surface area contributed by atoms with Gasteiger partial charge in [-0.3, -0.25) is 4.79 Å². The molecule has 5 nitrogen and oxygen atoms in total. The van der Waals surface area contributed by atoms with E-state index in [0.717, 1.165) is 11.4 Å². The SMILES string of the molecule is CCNC(=O)c1sc(NC2CC2C)c(OC(C)C)c1N. The Labute approximate surface area is 123 Å². The third-order valence-electron chi connectivity index (χ3n) is 3.22. The Hall–Kier alpha value is -1.43. The number of hydrogen-bond acceptors (Lipinski definition) is 5. The zero-order chi connectivity index (χ0) is 14.9. The van der Waals surface area contributed by atoms with Crippen molar-refractivity contribution in [2.75, 3.05) is 17.6 Å². The number of carbonyl (C=O) groups excluding carboxylic acids is 1. The van der Waals surface area contributed by atoms with Crippen LogP contribution in [-0.2, 0) is 0 Å². The highest BCUT2D eigenvalue weighted by molar-refractivity contribution is 7.19. The van der Waals surface area contributed by atoms with Gasteiger partial charge in [0.25, 0.3) is 5.91 Å². The fourth-order valence-electron chi connectivity index (χ4n) is 1.98. The maximum absolute atomic E-state index is 12.0. The highest BCUT2D eigenvalue weighted by Gasteiger charge is 2.34. The molecule has 4 N–H and O–H groups in total. The number of thiophene rings is 1. The molecule has 2 rings (SSSR count). The van der Waals surface area contributed by atoms with Crippen molar-refractivity contribution < 1.29 is 9.53 Å². The standard InChI is InChI=1S/C14H23N3O2S/c1-5-16-13(18)12-10(15)11(19-7(2)3)14(20-12)17-9-6-8(9)4/h7-9,17H,5-6,15H2,1-4H3,(H,16,18). The molecule has 0 bridgehead atoms. The van der Waals surface area contributed by atoms with E-state index in [2.05, 4.69) is 17.6 Å². The lowest BCUT2D eigenvalue weighted by Gasteiger charge is -2.12. The monoisotopic (exact) mass is 297 g/mol. The molecule has 1 aliphatic rings. The molecular formula is C14H23N3O2S. The first-order valence-electron chi connectivity index (χ1n) is 7.07. The van der Waals surface area contributed by atoms with Gasteiger partial charge in [-0.25, -0.2) is 0 Å². The number of ether oxygens (including phenoxy) is 1. The van der Waals surface area contributed by atoms with Crippen molar-refractivity contribution in [1.82, 2.24) is 5.32 Å². The number of hydrogen-bond donors (Lipinski definition) is 3. The van der Waals surface area contributed by atoms with Crippen LogP contribution >= 0.6 is 11.3 Å². The van der Waals surface area contributed by atoms with Crippen LogP contribution in [0.25, 0.3) is 0 Å². The molecule has 112 valence electrons. The second-order valence-corrected chi connectivity index (χ2v) is 6.51. The highest BCUT2D eigenvalue weighted by Crippen LogP contribution is 2.46. The zero-order valence-corrected chi connectivity index (χ0v) is 13.3. The number of carbonyl (C=O) groups is 1. The first-order valence-corrected chi connectivity index (χ1v) is 7.89. The molecule has 0 aromatic carbocycles. The van der Waals surface area contributed by atoms with E-state index >= 15 is 0 Å². The van der Waals surface area contributed by atoms with E-state index in [1.165, 1.54) is 11.3 Å². The molecule has 1 heterocycles. The number of nitrogens with two attached hydrogens (primary N) is 1.